The number of amides is 3. The number of benzene rings is 3. The number of anilines is 2. The molecule has 1 heterocycles. The lowest BCUT2D eigenvalue weighted by atomic mass is 10.2. The highest BCUT2D eigenvalue weighted by molar-refractivity contribution is 8.04. The second-order valence-corrected chi connectivity index (χ2v) is 9.81. The number of rotatable bonds is 11. The van der Waals surface area contributed by atoms with E-state index >= 15 is 0 Å². The number of halogens is 1. The zero-order chi connectivity index (χ0) is 27.9. The maximum Gasteiger partial charge on any atom is 0.278 e. The molecule has 3 aromatic carbocycles. The fourth-order valence-corrected chi connectivity index (χ4v) is 4.86. The van der Waals surface area contributed by atoms with Gasteiger partial charge in [-0.1, -0.05) is 17.8 Å². The van der Waals surface area contributed by atoms with Gasteiger partial charge in [0.25, 0.3) is 17.7 Å². The predicted molar refractivity (Wildman–Crippen MR) is 148 cm³/mol. The molecule has 0 bridgehead atoms. The maximum absolute atomic E-state index is 13.4. The summed E-state index contributed by atoms with van der Waals surface area (Å²) in [6.45, 7) is 2.56. The molecule has 0 saturated carbocycles. The molecule has 0 fully saturated rings. The van der Waals surface area contributed by atoms with E-state index in [1.165, 1.54) is 36.3 Å². The number of ether oxygens (including phenoxy) is 2. The monoisotopic (exact) mass is 549 g/mol. The van der Waals surface area contributed by atoms with Crippen molar-refractivity contribution < 1.29 is 28.2 Å². The minimum atomic E-state index is -0.426. The normalized spacial score (nSPS) is 13.2. The zero-order valence-corrected chi connectivity index (χ0v) is 22.6. The van der Waals surface area contributed by atoms with Gasteiger partial charge in [-0.25, -0.2) is 4.39 Å². The van der Waals surface area contributed by atoms with E-state index in [-0.39, 0.29) is 23.1 Å². The molecule has 2 N–H and O–H groups in total. The zero-order valence-electron chi connectivity index (χ0n) is 21.7. The Morgan fingerprint density at radius 1 is 0.974 bits per heavy atom. The summed E-state index contributed by atoms with van der Waals surface area (Å²) in [7, 11) is 3.10. The van der Waals surface area contributed by atoms with Gasteiger partial charge < -0.3 is 20.1 Å². The van der Waals surface area contributed by atoms with E-state index in [9.17, 15) is 18.8 Å². The topological polar surface area (TPSA) is 97.0 Å². The van der Waals surface area contributed by atoms with Crippen LogP contribution in [0, 0.1) is 12.7 Å². The Hall–Kier alpha value is -4.15. The van der Waals surface area contributed by atoms with E-state index in [4.69, 9.17) is 9.47 Å². The first-order chi connectivity index (χ1) is 18.8. The first-order valence-electron chi connectivity index (χ1n) is 12.2. The Labute approximate surface area is 230 Å². The van der Waals surface area contributed by atoms with E-state index in [0.717, 1.165) is 17.3 Å². The number of nitrogens with one attached hydrogen (secondary N) is 2. The Balaban J connectivity index is 1.57. The number of carbonyl (C=O) groups excluding carboxylic acids is 3. The molecular weight excluding hydrogens is 521 g/mol. The second-order valence-electron chi connectivity index (χ2n) is 8.73. The van der Waals surface area contributed by atoms with Gasteiger partial charge in [0.1, 0.15) is 22.2 Å². The molecule has 3 amide bonds. The summed E-state index contributed by atoms with van der Waals surface area (Å²) < 4.78 is 23.7. The molecule has 0 radical (unpaired) electrons. The number of thioether (sulfide) groups is 1. The summed E-state index contributed by atoms with van der Waals surface area (Å²) in [5, 5.41) is 5.90. The lowest BCUT2D eigenvalue weighted by molar-refractivity contribution is -0.137. The number of carbonyl (C=O) groups is 3. The van der Waals surface area contributed by atoms with Crippen LogP contribution in [0.3, 0.4) is 0 Å². The third-order valence-electron chi connectivity index (χ3n) is 5.91. The Kier molecular flexibility index (Phi) is 9.00. The number of aryl methyl sites for hydroxylation is 1. The van der Waals surface area contributed by atoms with Crippen molar-refractivity contribution in [2.24, 2.45) is 0 Å². The van der Waals surface area contributed by atoms with Crippen molar-refractivity contribution in [1.82, 2.24) is 4.90 Å². The third-order valence-corrected chi connectivity index (χ3v) is 7.00. The van der Waals surface area contributed by atoms with Crippen LogP contribution in [-0.4, -0.2) is 50.0 Å². The lowest BCUT2D eigenvalue weighted by Crippen LogP contribution is -2.33. The van der Waals surface area contributed by atoms with Crippen LogP contribution in [0.2, 0.25) is 0 Å². The van der Waals surface area contributed by atoms with Crippen LogP contribution >= 0.6 is 11.8 Å². The highest BCUT2D eigenvalue weighted by Crippen LogP contribution is 2.38. The molecule has 0 saturated heterocycles. The lowest BCUT2D eigenvalue weighted by Gasteiger charge is -2.15. The molecule has 3 aromatic rings. The molecule has 0 atom stereocenters. The Morgan fingerprint density at radius 2 is 1.69 bits per heavy atom. The van der Waals surface area contributed by atoms with Gasteiger partial charge in [-0.05, 0) is 79.6 Å². The van der Waals surface area contributed by atoms with E-state index in [1.54, 1.807) is 37.4 Å². The number of hydrogen-bond donors (Lipinski definition) is 2. The summed E-state index contributed by atoms with van der Waals surface area (Å²) in [5.74, 6) is -1.08. The van der Waals surface area contributed by atoms with Gasteiger partial charge in [0.05, 0.1) is 12.8 Å². The summed E-state index contributed by atoms with van der Waals surface area (Å²) in [5.41, 5.74) is 2.55. The molecular formula is C29H28FN3O5S. The molecule has 0 unspecified atom stereocenters. The number of methoxy groups -OCH3 is 2. The van der Waals surface area contributed by atoms with Gasteiger partial charge in [-0.2, -0.15) is 0 Å². The van der Waals surface area contributed by atoms with Gasteiger partial charge in [0.2, 0.25) is 0 Å². The van der Waals surface area contributed by atoms with Crippen molar-refractivity contribution in [2.75, 3.05) is 38.0 Å². The van der Waals surface area contributed by atoms with E-state index < -0.39 is 17.6 Å². The second kappa shape index (κ2) is 12.6. The first kappa shape index (κ1) is 27.9. The molecule has 0 aromatic heterocycles. The van der Waals surface area contributed by atoms with Crippen molar-refractivity contribution >= 4 is 40.9 Å². The molecule has 8 nitrogen and oxygen atoms in total. The molecule has 0 aliphatic carbocycles. The molecule has 4 rings (SSSR count). The molecule has 1 aliphatic heterocycles. The maximum atomic E-state index is 13.4. The molecule has 0 spiro atoms. The van der Waals surface area contributed by atoms with Crippen molar-refractivity contribution in [3.63, 3.8) is 0 Å². The molecule has 10 heteroatoms. The van der Waals surface area contributed by atoms with E-state index in [0.29, 0.717) is 40.6 Å². The third kappa shape index (κ3) is 6.65. The van der Waals surface area contributed by atoms with E-state index in [1.807, 2.05) is 19.1 Å². The first-order valence-corrected chi connectivity index (χ1v) is 13.0. The standard InChI is InChI=1S/C29H28FN3O5S/c1-18-5-14-24(38-3)23(17-18)32-25-26(29(36)33(28(25)35)15-4-16-37-2)39-22-12-10-21(11-13-22)31-27(34)19-6-8-20(30)9-7-19/h5-14,17,32H,4,15-16H2,1-3H3,(H,31,34). The van der Waals surface area contributed by atoms with Crippen molar-refractivity contribution in [3.8, 4) is 5.75 Å². The predicted octanol–water partition coefficient (Wildman–Crippen LogP) is 5.22. The summed E-state index contributed by atoms with van der Waals surface area (Å²) in [4.78, 5) is 41.3. The molecule has 1 aliphatic rings. The summed E-state index contributed by atoms with van der Waals surface area (Å²) in [6.07, 6.45) is 0.509. The molecule has 202 valence electrons. The van der Waals surface area contributed by atoms with Crippen molar-refractivity contribution in [1.29, 1.82) is 0 Å². The highest BCUT2D eigenvalue weighted by Gasteiger charge is 2.39. The van der Waals surface area contributed by atoms with Gasteiger partial charge in [0, 0.05) is 36.4 Å². The largest absolute Gasteiger partial charge is 0.495 e. The van der Waals surface area contributed by atoms with Crippen LogP contribution in [0.1, 0.15) is 22.3 Å². The van der Waals surface area contributed by atoms with Crippen LogP contribution in [0.25, 0.3) is 0 Å². The average Bonchev–Trinajstić information content (AvgIpc) is 3.14. The van der Waals surface area contributed by atoms with Gasteiger partial charge in [0.15, 0.2) is 0 Å². The smallest absolute Gasteiger partial charge is 0.278 e. The van der Waals surface area contributed by atoms with Gasteiger partial charge in [-0.3, -0.25) is 19.3 Å². The average molecular weight is 550 g/mol. The Bertz CT molecular complexity index is 1410. The Morgan fingerprint density at radius 3 is 2.36 bits per heavy atom. The number of hydrogen-bond acceptors (Lipinski definition) is 7. The fraction of sp³-hybridized carbons (Fsp3) is 0.207. The minimum absolute atomic E-state index is 0.167. The summed E-state index contributed by atoms with van der Waals surface area (Å²) >= 11 is 1.16. The fourth-order valence-electron chi connectivity index (χ4n) is 3.91. The van der Waals surface area contributed by atoms with Crippen LogP contribution in [0.5, 0.6) is 5.75 Å². The van der Waals surface area contributed by atoms with E-state index in [2.05, 4.69) is 10.6 Å². The van der Waals surface area contributed by atoms with Crippen molar-refractivity contribution in [2.45, 2.75) is 18.2 Å². The van der Waals surface area contributed by atoms with Crippen LogP contribution < -0.4 is 15.4 Å². The molecule has 39 heavy (non-hydrogen) atoms. The summed E-state index contributed by atoms with van der Waals surface area (Å²) in [6, 6.07) is 17.7. The minimum Gasteiger partial charge on any atom is -0.495 e. The highest BCUT2D eigenvalue weighted by atomic mass is 32.2. The van der Waals surface area contributed by atoms with Crippen LogP contribution in [0.15, 0.2) is 82.2 Å². The van der Waals surface area contributed by atoms with Crippen LogP contribution in [-0.2, 0) is 14.3 Å². The number of nitrogens with zero attached hydrogens (tertiary/aromatic N) is 1. The van der Waals surface area contributed by atoms with Gasteiger partial charge in [-0.15, -0.1) is 0 Å². The van der Waals surface area contributed by atoms with Gasteiger partial charge >= 0.3 is 0 Å². The quantitative estimate of drug-likeness (QED) is 0.250. The van der Waals surface area contributed by atoms with Crippen LogP contribution in [0.4, 0.5) is 15.8 Å². The van der Waals surface area contributed by atoms with Crippen molar-refractivity contribution in [3.05, 3.63) is 94.3 Å². The SMILES string of the molecule is COCCCN1C(=O)C(Nc2cc(C)ccc2OC)=C(Sc2ccc(NC(=O)c3ccc(F)cc3)cc2)C1=O. The number of imide groups is 1.